The summed E-state index contributed by atoms with van der Waals surface area (Å²) in [5, 5.41) is 10.1. The van der Waals surface area contributed by atoms with Crippen LogP contribution in [-0.4, -0.2) is 24.8 Å². The van der Waals surface area contributed by atoms with Gasteiger partial charge in [0.25, 0.3) is 0 Å². The second-order valence-electron chi connectivity index (χ2n) is 5.67. The van der Waals surface area contributed by atoms with Gasteiger partial charge in [-0.05, 0) is 38.5 Å². The molecule has 0 N–H and O–H groups in total. The summed E-state index contributed by atoms with van der Waals surface area (Å²) in [6, 6.07) is 8.37. The van der Waals surface area contributed by atoms with E-state index in [2.05, 4.69) is 53.7 Å². The number of halogens is 1. The maximum absolute atomic E-state index is 9.34. The SMILES string of the molecule is CC1CN(c2ccc(CBr)cc2C#N)CC(C)(C)O1. The summed E-state index contributed by atoms with van der Waals surface area (Å²) in [6.45, 7) is 7.89. The summed E-state index contributed by atoms with van der Waals surface area (Å²) in [4.78, 5) is 2.25. The molecule has 0 radical (unpaired) electrons. The molecule has 1 aliphatic heterocycles. The van der Waals surface area contributed by atoms with E-state index in [-0.39, 0.29) is 11.7 Å². The molecule has 4 heteroatoms. The Bertz CT molecular complexity index is 507. The van der Waals surface area contributed by atoms with Crippen molar-refractivity contribution < 1.29 is 4.74 Å². The molecule has 1 saturated heterocycles. The zero-order valence-corrected chi connectivity index (χ0v) is 13.2. The molecule has 2 rings (SSSR count). The Kier molecular flexibility index (Phi) is 4.17. The molecule has 1 aromatic rings. The van der Waals surface area contributed by atoms with E-state index in [9.17, 15) is 5.26 Å². The lowest BCUT2D eigenvalue weighted by atomic mass is 10.0. The highest BCUT2D eigenvalue weighted by Gasteiger charge is 2.32. The van der Waals surface area contributed by atoms with E-state index in [1.165, 1.54) is 0 Å². The Labute approximate surface area is 123 Å². The molecule has 19 heavy (non-hydrogen) atoms. The van der Waals surface area contributed by atoms with Gasteiger partial charge in [0.15, 0.2) is 0 Å². The lowest BCUT2D eigenvalue weighted by molar-refractivity contribution is -0.0749. The molecule has 102 valence electrons. The molecule has 1 fully saturated rings. The Morgan fingerprint density at radius 3 is 2.84 bits per heavy atom. The quantitative estimate of drug-likeness (QED) is 0.782. The van der Waals surface area contributed by atoms with E-state index in [1.54, 1.807) is 0 Å². The van der Waals surface area contributed by atoms with Crippen molar-refractivity contribution in [1.82, 2.24) is 0 Å². The molecule has 0 aromatic heterocycles. The van der Waals surface area contributed by atoms with Crippen molar-refractivity contribution in [2.75, 3.05) is 18.0 Å². The van der Waals surface area contributed by atoms with Crippen LogP contribution in [0.15, 0.2) is 18.2 Å². The fraction of sp³-hybridized carbons (Fsp3) is 0.533. The highest BCUT2D eigenvalue weighted by atomic mass is 79.9. The van der Waals surface area contributed by atoms with Crippen molar-refractivity contribution in [3.05, 3.63) is 29.3 Å². The predicted octanol–water partition coefficient (Wildman–Crippen LogP) is 3.46. The number of hydrogen-bond donors (Lipinski definition) is 0. The van der Waals surface area contributed by atoms with Crippen LogP contribution in [0.4, 0.5) is 5.69 Å². The summed E-state index contributed by atoms with van der Waals surface area (Å²) < 4.78 is 5.91. The zero-order valence-electron chi connectivity index (χ0n) is 11.6. The van der Waals surface area contributed by atoms with E-state index in [4.69, 9.17) is 4.74 Å². The molecular weight excluding hydrogens is 304 g/mol. The third-order valence-electron chi connectivity index (χ3n) is 3.25. The Morgan fingerprint density at radius 1 is 1.53 bits per heavy atom. The molecule has 1 aliphatic rings. The van der Waals surface area contributed by atoms with Crippen LogP contribution in [0.3, 0.4) is 0 Å². The average Bonchev–Trinajstić information content (AvgIpc) is 2.35. The van der Waals surface area contributed by atoms with E-state index in [0.717, 1.165) is 35.2 Å². The van der Waals surface area contributed by atoms with Crippen LogP contribution in [0.1, 0.15) is 31.9 Å². The minimum absolute atomic E-state index is 0.172. The minimum Gasteiger partial charge on any atom is -0.369 e. The van der Waals surface area contributed by atoms with Crippen molar-refractivity contribution in [2.45, 2.75) is 37.8 Å². The van der Waals surface area contributed by atoms with Gasteiger partial charge in [-0.1, -0.05) is 22.0 Å². The van der Waals surface area contributed by atoms with E-state index < -0.39 is 0 Å². The summed E-state index contributed by atoms with van der Waals surface area (Å²) in [7, 11) is 0. The topological polar surface area (TPSA) is 36.3 Å². The third kappa shape index (κ3) is 3.29. The van der Waals surface area contributed by atoms with E-state index in [0.29, 0.717) is 0 Å². The second kappa shape index (κ2) is 5.52. The van der Waals surface area contributed by atoms with Crippen LogP contribution in [0.2, 0.25) is 0 Å². The van der Waals surface area contributed by atoms with Crippen molar-refractivity contribution in [1.29, 1.82) is 5.26 Å². The molecule has 1 heterocycles. The smallest absolute Gasteiger partial charge is 0.101 e. The molecule has 1 atom stereocenters. The Morgan fingerprint density at radius 2 is 2.26 bits per heavy atom. The molecule has 0 saturated carbocycles. The van der Waals surface area contributed by atoms with Crippen molar-refractivity contribution in [2.24, 2.45) is 0 Å². The first-order chi connectivity index (χ1) is 8.95. The summed E-state index contributed by atoms with van der Waals surface area (Å²) in [6.07, 6.45) is 0.172. The first-order valence-corrected chi connectivity index (χ1v) is 7.59. The van der Waals surface area contributed by atoms with Gasteiger partial charge in [0.1, 0.15) is 6.07 Å². The summed E-state index contributed by atoms with van der Waals surface area (Å²) in [5.41, 5.74) is 2.69. The predicted molar refractivity (Wildman–Crippen MR) is 80.6 cm³/mol. The number of morpholine rings is 1. The van der Waals surface area contributed by atoms with Gasteiger partial charge in [0.2, 0.25) is 0 Å². The zero-order chi connectivity index (χ0) is 14.0. The van der Waals surface area contributed by atoms with Gasteiger partial charge in [-0.3, -0.25) is 0 Å². The van der Waals surface area contributed by atoms with Gasteiger partial charge in [-0.15, -0.1) is 0 Å². The van der Waals surface area contributed by atoms with Crippen molar-refractivity contribution >= 4 is 21.6 Å². The van der Waals surface area contributed by atoms with Crippen molar-refractivity contribution in [3.8, 4) is 6.07 Å². The molecule has 0 aliphatic carbocycles. The molecule has 1 unspecified atom stereocenters. The number of ether oxygens (including phenoxy) is 1. The second-order valence-corrected chi connectivity index (χ2v) is 6.23. The van der Waals surface area contributed by atoms with Crippen LogP contribution in [0.5, 0.6) is 0 Å². The lowest BCUT2D eigenvalue weighted by Crippen LogP contribution is -2.52. The largest absolute Gasteiger partial charge is 0.369 e. The maximum atomic E-state index is 9.34. The number of nitriles is 1. The van der Waals surface area contributed by atoms with Gasteiger partial charge in [-0.25, -0.2) is 0 Å². The fourth-order valence-electron chi connectivity index (χ4n) is 2.67. The molecule has 0 spiro atoms. The van der Waals surface area contributed by atoms with Gasteiger partial charge in [0, 0.05) is 18.4 Å². The normalized spacial score (nSPS) is 22.1. The first-order valence-electron chi connectivity index (χ1n) is 6.47. The van der Waals surface area contributed by atoms with E-state index in [1.807, 2.05) is 12.1 Å². The fourth-order valence-corrected chi connectivity index (χ4v) is 3.02. The molecule has 3 nitrogen and oxygen atoms in total. The highest BCUT2D eigenvalue weighted by Crippen LogP contribution is 2.29. The number of nitrogens with zero attached hydrogens (tertiary/aromatic N) is 2. The van der Waals surface area contributed by atoms with Gasteiger partial charge >= 0.3 is 0 Å². The lowest BCUT2D eigenvalue weighted by Gasteiger charge is -2.43. The van der Waals surface area contributed by atoms with Crippen LogP contribution in [0, 0.1) is 11.3 Å². The van der Waals surface area contributed by atoms with Crippen LogP contribution in [0.25, 0.3) is 0 Å². The van der Waals surface area contributed by atoms with Crippen LogP contribution < -0.4 is 4.90 Å². The van der Waals surface area contributed by atoms with Crippen molar-refractivity contribution in [3.63, 3.8) is 0 Å². The Balaban J connectivity index is 2.33. The molecular formula is C15H19BrN2O. The van der Waals surface area contributed by atoms with Gasteiger partial charge in [-0.2, -0.15) is 5.26 Å². The van der Waals surface area contributed by atoms with E-state index >= 15 is 0 Å². The minimum atomic E-state index is -0.182. The maximum Gasteiger partial charge on any atom is 0.101 e. The number of rotatable bonds is 2. The van der Waals surface area contributed by atoms with Crippen LogP contribution >= 0.6 is 15.9 Å². The molecule has 0 amide bonds. The molecule has 1 aromatic carbocycles. The average molecular weight is 323 g/mol. The monoisotopic (exact) mass is 322 g/mol. The van der Waals surface area contributed by atoms with Gasteiger partial charge < -0.3 is 9.64 Å². The number of alkyl halides is 1. The number of benzene rings is 1. The first kappa shape index (κ1) is 14.4. The standard InChI is InChI=1S/C15H19BrN2O/c1-11-9-18(10-15(2,3)19-11)14-5-4-12(7-16)6-13(14)8-17/h4-6,11H,7,9-10H2,1-3H3. The molecule has 0 bridgehead atoms. The number of anilines is 1. The summed E-state index contributed by atoms with van der Waals surface area (Å²) >= 11 is 3.43. The Hall–Kier alpha value is -1.05. The third-order valence-corrected chi connectivity index (χ3v) is 3.89. The van der Waals surface area contributed by atoms with Gasteiger partial charge in [0.05, 0.1) is 23.0 Å². The highest BCUT2D eigenvalue weighted by molar-refractivity contribution is 9.08. The van der Waals surface area contributed by atoms with Crippen LogP contribution in [-0.2, 0) is 10.1 Å². The summed E-state index contributed by atoms with van der Waals surface area (Å²) in [5.74, 6) is 0. The number of hydrogen-bond acceptors (Lipinski definition) is 3.